The maximum Gasteiger partial charge on any atom is 0.417 e. The predicted molar refractivity (Wildman–Crippen MR) is 119 cm³/mol. The third kappa shape index (κ3) is 5.52. The van der Waals surface area contributed by atoms with Crippen molar-refractivity contribution in [2.45, 2.75) is 58.9 Å². The van der Waals surface area contributed by atoms with Gasteiger partial charge in [0.15, 0.2) is 5.69 Å². The molecule has 0 aliphatic heterocycles. The molecule has 3 aromatic heterocycles. The van der Waals surface area contributed by atoms with Gasteiger partial charge in [0.05, 0.1) is 24.0 Å². The molecule has 0 N–H and O–H groups in total. The summed E-state index contributed by atoms with van der Waals surface area (Å²) in [5.74, 6) is -0.249. The van der Waals surface area contributed by atoms with Crippen LogP contribution in [0.3, 0.4) is 0 Å². The number of halogens is 3. The molecular formula is C23H27F3N6O2. The van der Waals surface area contributed by atoms with Crippen molar-refractivity contribution in [3.05, 3.63) is 59.8 Å². The number of aromatic nitrogens is 5. The van der Waals surface area contributed by atoms with Crippen LogP contribution < -0.4 is 4.74 Å². The van der Waals surface area contributed by atoms with Crippen LogP contribution >= 0.6 is 0 Å². The van der Waals surface area contributed by atoms with Crippen LogP contribution in [-0.2, 0) is 6.18 Å². The zero-order valence-electron chi connectivity index (χ0n) is 19.5. The third-order valence-corrected chi connectivity index (χ3v) is 5.43. The molecule has 3 rings (SSSR count). The van der Waals surface area contributed by atoms with Crippen molar-refractivity contribution in [1.82, 2.24) is 29.9 Å². The fourth-order valence-corrected chi connectivity index (χ4v) is 3.77. The molecule has 2 unspecified atom stereocenters. The Kier molecular flexibility index (Phi) is 7.85. The summed E-state index contributed by atoms with van der Waals surface area (Å²) in [7, 11) is 0. The Labute approximate surface area is 195 Å². The summed E-state index contributed by atoms with van der Waals surface area (Å²) in [6.07, 6.45) is 1.48. The van der Waals surface area contributed by atoms with Crippen LogP contribution in [0.25, 0.3) is 5.69 Å². The molecule has 0 bridgehead atoms. The minimum absolute atomic E-state index is 0.0664. The molecule has 182 valence electrons. The van der Waals surface area contributed by atoms with E-state index in [-0.39, 0.29) is 23.5 Å². The van der Waals surface area contributed by atoms with Gasteiger partial charge in [0.2, 0.25) is 5.88 Å². The van der Waals surface area contributed by atoms with Gasteiger partial charge in [-0.3, -0.25) is 4.79 Å². The number of nitrogens with zero attached hydrogens (tertiary/aromatic N) is 6. The van der Waals surface area contributed by atoms with E-state index in [0.29, 0.717) is 25.1 Å². The molecule has 3 aromatic rings. The van der Waals surface area contributed by atoms with Gasteiger partial charge in [-0.15, -0.1) is 4.80 Å². The van der Waals surface area contributed by atoms with E-state index in [2.05, 4.69) is 20.2 Å². The summed E-state index contributed by atoms with van der Waals surface area (Å²) >= 11 is 0. The van der Waals surface area contributed by atoms with Gasteiger partial charge in [-0.2, -0.15) is 23.4 Å². The van der Waals surface area contributed by atoms with Crippen LogP contribution in [0.15, 0.2) is 43.0 Å². The second-order valence-corrected chi connectivity index (χ2v) is 7.71. The molecule has 8 nitrogen and oxygen atoms in total. The first-order valence-corrected chi connectivity index (χ1v) is 11.0. The largest absolute Gasteiger partial charge is 0.472 e. The van der Waals surface area contributed by atoms with Crippen molar-refractivity contribution < 1.29 is 22.7 Å². The summed E-state index contributed by atoms with van der Waals surface area (Å²) in [6.45, 7) is 7.89. The first-order chi connectivity index (χ1) is 16.2. The molecule has 1 amide bonds. The SMILES string of the molecule is CCC(Oc1ccc(C(F)(F)F)cn1)C(CC)N(CC)C(=O)c1ncc(C)cc1-n1nccn1. The Morgan fingerprint density at radius 2 is 1.79 bits per heavy atom. The zero-order chi connectivity index (χ0) is 24.9. The summed E-state index contributed by atoms with van der Waals surface area (Å²) in [5.41, 5.74) is 0.656. The van der Waals surface area contributed by atoms with Crippen LogP contribution in [0.4, 0.5) is 13.2 Å². The first kappa shape index (κ1) is 25.1. The number of amides is 1. The highest BCUT2D eigenvalue weighted by Crippen LogP contribution is 2.30. The first-order valence-electron chi connectivity index (χ1n) is 11.0. The monoisotopic (exact) mass is 476 g/mol. The minimum Gasteiger partial charge on any atom is -0.472 e. The number of aryl methyl sites for hydroxylation is 1. The van der Waals surface area contributed by atoms with E-state index >= 15 is 0 Å². The molecule has 0 fully saturated rings. The molecule has 2 atom stereocenters. The molecule has 0 aliphatic carbocycles. The molecule has 0 saturated carbocycles. The van der Waals surface area contributed by atoms with Crippen LogP contribution in [0.2, 0.25) is 0 Å². The topological polar surface area (TPSA) is 86.0 Å². The molecule has 0 radical (unpaired) electrons. The van der Waals surface area contributed by atoms with Crippen molar-refractivity contribution in [3.8, 4) is 11.6 Å². The molecule has 3 heterocycles. The zero-order valence-corrected chi connectivity index (χ0v) is 19.5. The van der Waals surface area contributed by atoms with E-state index in [1.807, 2.05) is 27.7 Å². The van der Waals surface area contributed by atoms with Crippen LogP contribution in [0, 0.1) is 6.92 Å². The van der Waals surface area contributed by atoms with E-state index in [1.54, 1.807) is 17.2 Å². The summed E-state index contributed by atoms with van der Waals surface area (Å²) in [6, 6.07) is 3.54. The minimum atomic E-state index is -4.48. The van der Waals surface area contributed by atoms with Crippen molar-refractivity contribution in [2.24, 2.45) is 0 Å². The molecule has 0 aromatic carbocycles. The van der Waals surface area contributed by atoms with Gasteiger partial charge in [0.1, 0.15) is 11.8 Å². The standard InChI is InChI=1S/C23H27F3N6O2/c1-5-17(19(6-2)34-20-9-8-16(14-27-20)23(24,25)26)31(7-3)22(33)21-18(12-15(4)13-28-21)32-29-10-11-30-32/h8-14,17,19H,5-7H2,1-4H3. The van der Waals surface area contributed by atoms with E-state index in [9.17, 15) is 18.0 Å². The Balaban J connectivity index is 1.88. The van der Waals surface area contributed by atoms with Crippen molar-refractivity contribution in [3.63, 3.8) is 0 Å². The second-order valence-electron chi connectivity index (χ2n) is 7.71. The fraction of sp³-hybridized carbons (Fsp3) is 0.435. The van der Waals surface area contributed by atoms with Crippen LogP contribution in [-0.4, -0.2) is 54.5 Å². The fourth-order valence-electron chi connectivity index (χ4n) is 3.77. The van der Waals surface area contributed by atoms with Gasteiger partial charge >= 0.3 is 6.18 Å². The lowest BCUT2D eigenvalue weighted by Crippen LogP contribution is -2.49. The number of alkyl halides is 3. The maximum absolute atomic E-state index is 13.6. The summed E-state index contributed by atoms with van der Waals surface area (Å²) in [4.78, 5) is 24.8. The quantitative estimate of drug-likeness (QED) is 0.453. The Hall–Kier alpha value is -3.50. The van der Waals surface area contributed by atoms with E-state index < -0.39 is 17.8 Å². The van der Waals surface area contributed by atoms with Crippen molar-refractivity contribution >= 4 is 5.91 Å². The molecular weight excluding hydrogens is 449 g/mol. The van der Waals surface area contributed by atoms with Gasteiger partial charge in [0.25, 0.3) is 5.91 Å². The Morgan fingerprint density at radius 1 is 1.09 bits per heavy atom. The van der Waals surface area contributed by atoms with Gasteiger partial charge < -0.3 is 9.64 Å². The number of pyridine rings is 2. The van der Waals surface area contributed by atoms with Crippen molar-refractivity contribution in [1.29, 1.82) is 0 Å². The molecule has 0 saturated heterocycles. The number of likely N-dealkylation sites (N-methyl/N-ethyl adjacent to an activating group) is 1. The van der Waals surface area contributed by atoms with Gasteiger partial charge in [-0.1, -0.05) is 13.8 Å². The number of hydrogen-bond donors (Lipinski definition) is 0. The highest BCUT2D eigenvalue weighted by Gasteiger charge is 2.33. The summed E-state index contributed by atoms with van der Waals surface area (Å²) < 4.78 is 44.5. The Morgan fingerprint density at radius 3 is 2.32 bits per heavy atom. The lowest BCUT2D eigenvalue weighted by atomic mass is 10.0. The highest BCUT2D eigenvalue weighted by molar-refractivity contribution is 5.96. The predicted octanol–water partition coefficient (Wildman–Crippen LogP) is 4.48. The lowest BCUT2D eigenvalue weighted by Gasteiger charge is -2.35. The number of carbonyl (C=O) groups excluding carboxylic acids is 1. The normalized spacial score (nSPS) is 13.4. The molecule has 11 heteroatoms. The van der Waals surface area contributed by atoms with Gasteiger partial charge in [-0.05, 0) is 44.4 Å². The smallest absolute Gasteiger partial charge is 0.417 e. The van der Waals surface area contributed by atoms with Crippen LogP contribution in [0.1, 0.15) is 55.2 Å². The van der Waals surface area contributed by atoms with E-state index in [1.165, 1.54) is 23.3 Å². The van der Waals surface area contributed by atoms with E-state index in [4.69, 9.17) is 4.74 Å². The van der Waals surface area contributed by atoms with Crippen LogP contribution in [0.5, 0.6) is 5.88 Å². The van der Waals surface area contributed by atoms with Gasteiger partial charge in [0, 0.05) is 25.0 Å². The third-order valence-electron chi connectivity index (χ3n) is 5.43. The maximum atomic E-state index is 13.6. The lowest BCUT2D eigenvalue weighted by molar-refractivity contribution is -0.137. The molecule has 34 heavy (non-hydrogen) atoms. The highest BCUT2D eigenvalue weighted by atomic mass is 19.4. The number of rotatable bonds is 9. The number of ether oxygens (including phenoxy) is 1. The average Bonchev–Trinajstić information content (AvgIpc) is 3.35. The summed E-state index contributed by atoms with van der Waals surface area (Å²) in [5, 5.41) is 8.27. The second kappa shape index (κ2) is 10.6. The Bertz CT molecular complexity index is 1090. The van der Waals surface area contributed by atoms with E-state index in [0.717, 1.165) is 17.8 Å². The number of hydrogen-bond acceptors (Lipinski definition) is 6. The van der Waals surface area contributed by atoms with Crippen molar-refractivity contribution in [2.75, 3.05) is 6.54 Å². The molecule has 0 spiro atoms. The molecule has 0 aliphatic rings. The number of carbonyl (C=O) groups is 1. The van der Waals surface area contributed by atoms with Gasteiger partial charge in [-0.25, -0.2) is 9.97 Å². The average molecular weight is 477 g/mol.